The minimum absolute atomic E-state index is 0.0320. The molecule has 0 saturated heterocycles. The maximum absolute atomic E-state index is 5.73. The number of hydrogen-bond acceptors (Lipinski definition) is 4. The molecule has 0 aromatic carbocycles. The van der Waals surface area contributed by atoms with Gasteiger partial charge in [-0.15, -0.1) is 0 Å². The van der Waals surface area contributed by atoms with E-state index >= 15 is 0 Å². The van der Waals surface area contributed by atoms with Crippen molar-refractivity contribution in [1.82, 2.24) is 9.97 Å². The zero-order valence-electron chi connectivity index (χ0n) is 9.16. The van der Waals surface area contributed by atoms with E-state index in [2.05, 4.69) is 30.7 Å². The Morgan fingerprint density at radius 1 is 1.36 bits per heavy atom. The van der Waals surface area contributed by atoms with Crippen LogP contribution in [0.25, 0.3) is 0 Å². The van der Waals surface area contributed by atoms with Gasteiger partial charge in [0.1, 0.15) is 11.6 Å². The molecule has 0 amide bonds. The van der Waals surface area contributed by atoms with Crippen LogP contribution in [0.2, 0.25) is 0 Å². The molecule has 1 aromatic rings. The summed E-state index contributed by atoms with van der Waals surface area (Å²) in [6.45, 7) is 6.37. The number of nitrogens with zero attached hydrogens (tertiary/aromatic N) is 2. The molecule has 0 fully saturated rings. The molecule has 1 rings (SSSR count). The molecule has 3 nitrogen and oxygen atoms in total. The molecular weight excluding hydrogens is 194 g/mol. The van der Waals surface area contributed by atoms with E-state index in [4.69, 9.17) is 5.73 Å². The van der Waals surface area contributed by atoms with Crippen molar-refractivity contribution in [1.29, 1.82) is 0 Å². The first-order valence-corrected chi connectivity index (χ1v) is 5.95. The van der Waals surface area contributed by atoms with Crippen LogP contribution in [0.1, 0.15) is 32.3 Å². The molecule has 1 heterocycles. The van der Waals surface area contributed by atoms with Gasteiger partial charge in [0.2, 0.25) is 0 Å². The summed E-state index contributed by atoms with van der Waals surface area (Å²) >= 11 is 1.70. The van der Waals surface area contributed by atoms with Gasteiger partial charge in [-0.2, -0.15) is 11.8 Å². The normalized spacial score (nSPS) is 11.7. The number of thioether (sulfide) groups is 1. The van der Waals surface area contributed by atoms with Crippen molar-refractivity contribution >= 4 is 17.6 Å². The minimum atomic E-state index is 0.0320. The van der Waals surface area contributed by atoms with E-state index in [9.17, 15) is 0 Å². The predicted octanol–water partition coefficient (Wildman–Crippen LogP) is 2.22. The lowest BCUT2D eigenvalue weighted by Gasteiger charge is -2.18. The van der Waals surface area contributed by atoms with Crippen molar-refractivity contribution in [2.75, 3.05) is 12.0 Å². The quantitative estimate of drug-likeness (QED) is 0.815. The van der Waals surface area contributed by atoms with Gasteiger partial charge in [0.25, 0.3) is 0 Å². The summed E-state index contributed by atoms with van der Waals surface area (Å²) in [5.41, 5.74) is 6.77. The highest BCUT2D eigenvalue weighted by Gasteiger charge is 2.17. The van der Waals surface area contributed by atoms with Crippen molar-refractivity contribution in [3.63, 3.8) is 0 Å². The van der Waals surface area contributed by atoms with Crippen molar-refractivity contribution in [3.05, 3.63) is 17.6 Å². The SMILES string of the molecule is CSCc1nc(N)cc(C(C)(C)C)n1. The predicted molar refractivity (Wildman–Crippen MR) is 62.4 cm³/mol. The van der Waals surface area contributed by atoms with Crippen molar-refractivity contribution in [2.24, 2.45) is 0 Å². The molecule has 0 radical (unpaired) electrons. The fraction of sp³-hybridized carbons (Fsp3) is 0.600. The summed E-state index contributed by atoms with van der Waals surface area (Å²) < 4.78 is 0. The molecular formula is C10H17N3S. The van der Waals surface area contributed by atoms with Crippen LogP contribution < -0.4 is 5.73 Å². The zero-order valence-corrected chi connectivity index (χ0v) is 9.98. The molecule has 0 aliphatic rings. The molecule has 2 N–H and O–H groups in total. The van der Waals surface area contributed by atoms with Crippen molar-refractivity contribution < 1.29 is 0 Å². The Balaban J connectivity index is 3.07. The summed E-state index contributed by atoms with van der Waals surface area (Å²) in [6, 6.07) is 1.85. The molecule has 0 atom stereocenters. The minimum Gasteiger partial charge on any atom is -0.384 e. The van der Waals surface area contributed by atoms with Crippen LogP contribution in [0.4, 0.5) is 5.82 Å². The molecule has 78 valence electrons. The van der Waals surface area contributed by atoms with Gasteiger partial charge in [0, 0.05) is 11.5 Å². The van der Waals surface area contributed by atoms with Gasteiger partial charge < -0.3 is 5.73 Å². The third-order valence-corrected chi connectivity index (χ3v) is 2.38. The van der Waals surface area contributed by atoms with Crippen molar-refractivity contribution in [3.8, 4) is 0 Å². The molecule has 0 aliphatic carbocycles. The molecule has 0 bridgehead atoms. The number of hydrogen-bond donors (Lipinski definition) is 1. The van der Waals surface area contributed by atoms with Gasteiger partial charge in [0.05, 0.1) is 11.4 Å². The standard InChI is InChI=1S/C10H17N3S/c1-10(2,3)7-5-8(11)13-9(12-7)6-14-4/h5H,6H2,1-4H3,(H2,11,12,13). The van der Waals surface area contributed by atoms with Gasteiger partial charge in [-0.3, -0.25) is 0 Å². The van der Waals surface area contributed by atoms with Crippen LogP contribution in [-0.2, 0) is 11.2 Å². The highest BCUT2D eigenvalue weighted by atomic mass is 32.2. The fourth-order valence-corrected chi connectivity index (χ4v) is 1.48. The van der Waals surface area contributed by atoms with Crippen LogP contribution in [0, 0.1) is 0 Å². The molecule has 0 spiro atoms. The third-order valence-electron chi connectivity index (χ3n) is 1.83. The van der Waals surface area contributed by atoms with Gasteiger partial charge in [-0.1, -0.05) is 20.8 Å². The van der Waals surface area contributed by atoms with E-state index in [0.717, 1.165) is 17.3 Å². The number of nitrogen functional groups attached to an aromatic ring is 1. The molecule has 14 heavy (non-hydrogen) atoms. The van der Waals surface area contributed by atoms with Crippen LogP contribution in [-0.4, -0.2) is 16.2 Å². The van der Waals surface area contributed by atoms with E-state index in [-0.39, 0.29) is 5.41 Å². The largest absolute Gasteiger partial charge is 0.384 e. The molecule has 4 heteroatoms. The Morgan fingerprint density at radius 2 is 2.00 bits per heavy atom. The Labute approximate surface area is 89.5 Å². The first-order chi connectivity index (χ1) is 6.43. The smallest absolute Gasteiger partial charge is 0.140 e. The summed E-state index contributed by atoms with van der Waals surface area (Å²) in [7, 11) is 0. The van der Waals surface area contributed by atoms with E-state index in [1.165, 1.54) is 0 Å². The number of rotatable bonds is 2. The van der Waals surface area contributed by atoms with Crippen LogP contribution in [0.15, 0.2) is 6.07 Å². The lowest BCUT2D eigenvalue weighted by molar-refractivity contribution is 0.564. The van der Waals surface area contributed by atoms with Crippen LogP contribution in [0.3, 0.4) is 0 Å². The van der Waals surface area contributed by atoms with E-state index in [0.29, 0.717) is 5.82 Å². The van der Waals surface area contributed by atoms with Gasteiger partial charge in [-0.05, 0) is 6.26 Å². The van der Waals surface area contributed by atoms with E-state index in [1.807, 2.05) is 12.3 Å². The third kappa shape index (κ3) is 2.87. The van der Waals surface area contributed by atoms with Gasteiger partial charge in [-0.25, -0.2) is 9.97 Å². The Kier molecular flexibility index (Phi) is 3.37. The Bertz CT molecular complexity index is 318. The number of aromatic nitrogens is 2. The lowest BCUT2D eigenvalue weighted by atomic mass is 9.92. The number of anilines is 1. The summed E-state index contributed by atoms with van der Waals surface area (Å²) in [5, 5.41) is 0. The van der Waals surface area contributed by atoms with Crippen LogP contribution >= 0.6 is 11.8 Å². The molecule has 0 unspecified atom stereocenters. The first-order valence-electron chi connectivity index (χ1n) is 4.56. The molecule has 0 saturated carbocycles. The molecule has 0 aliphatic heterocycles. The highest BCUT2D eigenvalue weighted by Crippen LogP contribution is 2.21. The lowest BCUT2D eigenvalue weighted by Crippen LogP contribution is -2.16. The molecule has 1 aromatic heterocycles. The Morgan fingerprint density at radius 3 is 2.50 bits per heavy atom. The average molecular weight is 211 g/mol. The second-order valence-corrected chi connectivity index (χ2v) is 5.14. The topological polar surface area (TPSA) is 51.8 Å². The van der Waals surface area contributed by atoms with Crippen LogP contribution in [0.5, 0.6) is 0 Å². The number of nitrogens with two attached hydrogens (primary N) is 1. The summed E-state index contributed by atoms with van der Waals surface area (Å²) in [5.74, 6) is 2.20. The van der Waals surface area contributed by atoms with E-state index < -0.39 is 0 Å². The fourth-order valence-electron chi connectivity index (χ4n) is 1.10. The van der Waals surface area contributed by atoms with E-state index in [1.54, 1.807) is 11.8 Å². The maximum Gasteiger partial charge on any atom is 0.140 e. The van der Waals surface area contributed by atoms with Crippen molar-refractivity contribution in [2.45, 2.75) is 31.9 Å². The Hall–Kier alpha value is -0.770. The summed E-state index contributed by atoms with van der Waals surface area (Å²) in [4.78, 5) is 8.67. The van der Waals surface area contributed by atoms with Gasteiger partial charge in [0.15, 0.2) is 0 Å². The average Bonchev–Trinajstić information content (AvgIpc) is 2.02. The second kappa shape index (κ2) is 4.17. The zero-order chi connectivity index (χ0) is 10.8. The first kappa shape index (κ1) is 11.3. The maximum atomic E-state index is 5.73. The highest BCUT2D eigenvalue weighted by molar-refractivity contribution is 7.97. The summed E-state index contributed by atoms with van der Waals surface area (Å²) in [6.07, 6.45) is 2.03. The monoisotopic (exact) mass is 211 g/mol. The second-order valence-electron chi connectivity index (χ2n) is 4.28. The van der Waals surface area contributed by atoms with Gasteiger partial charge >= 0.3 is 0 Å².